The van der Waals surface area contributed by atoms with Crippen molar-refractivity contribution in [1.82, 2.24) is 15.2 Å². The number of amides is 2. The summed E-state index contributed by atoms with van der Waals surface area (Å²) in [5.74, 6) is 0. The Hall–Kier alpha value is -4.08. The zero-order valence-corrected chi connectivity index (χ0v) is 23.9. The van der Waals surface area contributed by atoms with E-state index in [2.05, 4.69) is 27.6 Å². The molecule has 2 amide bonds. The van der Waals surface area contributed by atoms with E-state index < -0.39 is 6.29 Å². The van der Waals surface area contributed by atoms with E-state index in [4.69, 9.17) is 9.47 Å². The van der Waals surface area contributed by atoms with Crippen molar-refractivity contribution in [2.45, 2.75) is 44.5 Å². The third kappa shape index (κ3) is 8.47. The standard InChI is InChI=1S/C34H38N4O4/c1-38(20-18-29-9-5-6-19-35-29)23-31-21-32(27-12-10-26(24-39)11-13-27)42-33(41-31)28-14-16-30(17-15-28)37-34(40)36-22-25-7-3-2-4-8-25/h2-17,19,31-33,39H,18,20-24H2,1H3,(H2,36,37,40). The van der Waals surface area contributed by atoms with Crippen LogP contribution in [0.5, 0.6) is 0 Å². The Labute approximate surface area is 247 Å². The van der Waals surface area contributed by atoms with E-state index in [0.717, 1.165) is 47.5 Å². The molecule has 3 N–H and O–H groups in total. The number of urea groups is 1. The third-order valence-corrected chi connectivity index (χ3v) is 7.34. The van der Waals surface area contributed by atoms with Crippen molar-refractivity contribution in [3.8, 4) is 0 Å². The number of carbonyl (C=O) groups excluding carboxylic acids is 1. The number of hydrogen-bond acceptors (Lipinski definition) is 6. The summed E-state index contributed by atoms with van der Waals surface area (Å²) in [7, 11) is 2.10. The van der Waals surface area contributed by atoms with E-state index >= 15 is 0 Å². The van der Waals surface area contributed by atoms with Gasteiger partial charge in [-0.25, -0.2) is 4.79 Å². The fraction of sp³-hybridized carbons (Fsp3) is 0.294. The van der Waals surface area contributed by atoms with Crippen LogP contribution in [0.4, 0.5) is 10.5 Å². The van der Waals surface area contributed by atoms with Crippen LogP contribution in [0.2, 0.25) is 0 Å². The molecule has 3 unspecified atom stereocenters. The summed E-state index contributed by atoms with van der Waals surface area (Å²) in [6, 6.07) is 31.0. The van der Waals surface area contributed by atoms with Gasteiger partial charge in [0.2, 0.25) is 0 Å². The number of rotatable bonds is 11. The Morgan fingerprint density at radius 1 is 0.905 bits per heavy atom. The fourth-order valence-corrected chi connectivity index (χ4v) is 5.00. The lowest BCUT2D eigenvalue weighted by Crippen LogP contribution is -2.38. The monoisotopic (exact) mass is 566 g/mol. The van der Waals surface area contributed by atoms with E-state index in [1.165, 1.54) is 0 Å². The number of aromatic nitrogens is 1. The Kier molecular flexibility index (Phi) is 10.3. The molecule has 218 valence electrons. The van der Waals surface area contributed by atoms with E-state index in [1.54, 1.807) is 0 Å². The van der Waals surface area contributed by atoms with Crippen molar-refractivity contribution in [1.29, 1.82) is 0 Å². The Bertz CT molecular complexity index is 1380. The van der Waals surface area contributed by atoms with Crippen molar-refractivity contribution in [2.24, 2.45) is 0 Å². The molecule has 0 saturated carbocycles. The Morgan fingerprint density at radius 2 is 1.64 bits per heavy atom. The van der Waals surface area contributed by atoms with Crippen LogP contribution in [-0.2, 0) is 29.0 Å². The predicted octanol–water partition coefficient (Wildman–Crippen LogP) is 5.62. The molecule has 0 bridgehead atoms. The van der Waals surface area contributed by atoms with Crippen LogP contribution >= 0.6 is 0 Å². The van der Waals surface area contributed by atoms with Gasteiger partial charge in [0.15, 0.2) is 6.29 Å². The van der Waals surface area contributed by atoms with Gasteiger partial charge in [-0.2, -0.15) is 0 Å². The average Bonchev–Trinajstić information content (AvgIpc) is 3.04. The molecule has 0 radical (unpaired) electrons. The minimum atomic E-state index is -0.559. The fourth-order valence-electron chi connectivity index (χ4n) is 5.00. The van der Waals surface area contributed by atoms with Gasteiger partial charge in [-0.1, -0.05) is 72.8 Å². The summed E-state index contributed by atoms with van der Waals surface area (Å²) in [4.78, 5) is 19.1. The van der Waals surface area contributed by atoms with Gasteiger partial charge in [0.25, 0.3) is 0 Å². The molecule has 3 atom stereocenters. The number of pyridine rings is 1. The van der Waals surface area contributed by atoms with E-state index in [-0.39, 0.29) is 24.8 Å². The van der Waals surface area contributed by atoms with Crippen molar-refractivity contribution < 1.29 is 19.4 Å². The first-order chi connectivity index (χ1) is 20.6. The van der Waals surface area contributed by atoms with Crippen LogP contribution in [0.25, 0.3) is 0 Å². The molecule has 1 aliphatic rings. The maximum atomic E-state index is 12.4. The molecule has 5 rings (SSSR count). The van der Waals surface area contributed by atoms with Gasteiger partial charge in [-0.05, 0) is 48.0 Å². The first-order valence-electron chi connectivity index (χ1n) is 14.3. The number of benzene rings is 3. The molecule has 1 aliphatic heterocycles. The van der Waals surface area contributed by atoms with Crippen molar-refractivity contribution >= 4 is 11.7 Å². The average molecular weight is 567 g/mol. The minimum absolute atomic E-state index is 0.00585. The molecule has 3 aromatic carbocycles. The highest BCUT2D eigenvalue weighted by Crippen LogP contribution is 2.38. The second-order valence-corrected chi connectivity index (χ2v) is 10.6. The lowest BCUT2D eigenvalue weighted by Gasteiger charge is -2.38. The lowest BCUT2D eigenvalue weighted by atomic mass is 9.99. The highest BCUT2D eigenvalue weighted by atomic mass is 16.7. The maximum absolute atomic E-state index is 12.4. The summed E-state index contributed by atoms with van der Waals surface area (Å²) in [6.07, 6.45) is 2.63. The summed E-state index contributed by atoms with van der Waals surface area (Å²) in [5, 5.41) is 15.2. The van der Waals surface area contributed by atoms with Crippen LogP contribution in [0, 0.1) is 0 Å². The zero-order valence-electron chi connectivity index (χ0n) is 23.9. The van der Waals surface area contributed by atoms with Gasteiger partial charge in [0, 0.05) is 55.6 Å². The molecule has 1 fully saturated rings. The first-order valence-corrected chi connectivity index (χ1v) is 14.3. The summed E-state index contributed by atoms with van der Waals surface area (Å²) < 4.78 is 12.9. The number of likely N-dealkylation sites (N-methyl/N-ethyl adjacent to an activating group) is 1. The highest BCUT2D eigenvalue weighted by molar-refractivity contribution is 5.89. The molecule has 0 aliphatic carbocycles. The molecule has 1 aromatic heterocycles. The zero-order chi connectivity index (χ0) is 29.1. The lowest BCUT2D eigenvalue weighted by molar-refractivity contribution is -0.252. The number of carbonyl (C=O) groups is 1. The summed E-state index contributed by atoms with van der Waals surface area (Å²) in [6.45, 7) is 2.07. The van der Waals surface area contributed by atoms with Crippen molar-refractivity contribution in [3.05, 3.63) is 131 Å². The predicted molar refractivity (Wildman–Crippen MR) is 163 cm³/mol. The van der Waals surface area contributed by atoms with E-state index in [1.807, 2.05) is 103 Å². The normalized spacial score (nSPS) is 18.5. The first kappa shape index (κ1) is 29.4. The number of anilines is 1. The van der Waals surface area contributed by atoms with Gasteiger partial charge in [-0.3, -0.25) is 4.98 Å². The molecular weight excluding hydrogens is 528 g/mol. The molecule has 42 heavy (non-hydrogen) atoms. The Morgan fingerprint density at radius 3 is 2.36 bits per heavy atom. The van der Waals surface area contributed by atoms with Gasteiger partial charge < -0.3 is 30.1 Å². The topological polar surface area (TPSA) is 96.0 Å². The molecule has 4 aromatic rings. The molecule has 8 heteroatoms. The van der Waals surface area contributed by atoms with Crippen molar-refractivity contribution in [2.75, 3.05) is 25.5 Å². The van der Waals surface area contributed by atoms with E-state index in [9.17, 15) is 9.90 Å². The minimum Gasteiger partial charge on any atom is -0.392 e. The maximum Gasteiger partial charge on any atom is 0.319 e. The van der Waals surface area contributed by atoms with Crippen LogP contribution in [0.3, 0.4) is 0 Å². The van der Waals surface area contributed by atoms with Gasteiger partial charge in [-0.15, -0.1) is 0 Å². The summed E-state index contributed by atoms with van der Waals surface area (Å²) in [5.41, 5.74) is 5.58. The quantitative estimate of drug-likeness (QED) is 0.218. The second-order valence-electron chi connectivity index (χ2n) is 10.6. The number of hydrogen-bond donors (Lipinski definition) is 3. The van der Waals surface area contributed by atoms with Crippen LogP contribution in [0.15, 0.2) is 103 Å². The van der Waals surface area contributed by atoms with E-state index in [0.29, 0.717) is 18.7 Å². The second kappa shape index (κ2) is 14.7. The van der Waals surface area contributed by atoms with Gasteiger partial charge in [0.1, 0.15) is 0 Å². The van der Waals surface area contributed by atoms with Crippen LogP contribution < -0.4 is 10.6 Å². The molecule has 1 saturated heterocycles. The number of aliphatic hydroxyl groups excluding tert-OH is 1. The largest absolute Gasteiger partial charge is 0.392 e. The third-order valence-electron chi connectivity index (χ3n) is 7.34. The van der Waals surface area contributed by atoms with Crippen LogP contribution in [-0.4, -0.2) is 47.3 Å². The smallest absolute Gasteiger partial charge is 0.319 e. The number of aliphatic hydroxyl groups is 1. The van der Waals surface area contributed by atoms with Crippen molar-refractivity contribution in [3.63, 3.8) is 0 Å². The number of ether oxygens (including phenoxy) is 2. The molecule has 8 nitrogen and oxygen atoms in total. The van der Waals surface area contributed by atoms with Crippen LogP contribution in [0.1, 0.15) is 46.8 Å². The highest BCUT2D eigenvalue weighted by Gasteiger charge is 2.32. The number of nitrogens with one attached hydrogen (secondary N) is 2. The molecule has 0 spiro atoms. The SMILES string of the molecule is CN(CCc1ccccn1)CC1CC(c2ccc(CO)cc2)OC(c2ccc(NC(=O)NCc3ccccc3)cc2)O1. The number of nitrogens with zero attached hydrogens (tertiary/aromatic N) is 2. The summed E-state index contributed by atoms with van der Waals surface area (Å²) >= 11 is 0. The van der Waals surface area contributed by atoms with Gasteiger partial charge in [0.05, 0.1) is 18.8 Å². The Balaban J connectivity index is 1.23. The van der Waals surface area contributed by atoms with Gasteiger partial charge >= 0.3 is 6.03 Å². The molecular formula is C34H38N4O4. The molecule has 2 heterocycles.